The minimum absolute atomic E-state index is 0.0138. The Labute approximate surface area is 167 Å². The van der Waals surface area contributed by atoms with Gasteiger partial charge < -0.3 is 9.47 Å². The molecule has 2 unspecified atom stereocenters. The molecule has 154 valence electrons. The lowest BCUT2D eigenvalue weighted by atomic mass is 9.45. The quantitative estimate of drug-likeness (QED) is 0.663. The molecule has 0 aromatic rings. The van der Waals surface area contributed by atoms with Gasteiger partial charge in [-0.1, -0.05) is 13.8 Å². The Morgan fingerprint density at radius 3 is 2.36 bits per heavy atom. The monoisotopic (exact) mass is 388 g/mol. The van der Waals surface area contributed by atoms with Gasteiger partial charge in [0.2, 0.25) is 5.78 Å². The summed E-state index contributed by atoms with van der Waals surface area (Å²) in [5.41, 5.74) is -0.00204. The smallest absolute Gasteiger partial charge is 0.308 e. The van der Waals surface area contributed by atoms with Crippen LogP contribution in [0.3, 0.4) is 0 Å². The van der Waals surface area contributed by atoms with Crippen molar-refractivity contribution in [3.05, 3.63) is 11.8 Å². The highest BCUT2D eigenvalue weighted by atomic mass is 16.5. The third kappa shape index (κ3) is 2.84. The van der Waals surface area contributed by atoms with Crippen LogP contribution < -0.4 is 0 Å². The standard InChI is InChI=1S/C23H32O5/c1-13(24)27-19-10-12-22(3)17-9-11-23(4)16(7-8-20(23)28-14(2)25)15(17)5-6-18(22)21(19)26/h10,15-18,20H,5-9,11-12H2,1-4H3/t15-,16-,17-,18?,20?,22+,23-/m0/s1. The molecule has 4 aliphatic rings. The predicted molar refractivity (Wildman–Crippen MR) is 103 cm³/mol. The van der Waals surface area contributed by atoms with Crippen molar-refractivity contribution in [1.82, 2.24) is 0 Å². The summed E-state index contributed by atoms with van der Waals surface area (Å²) in [5, 5.41) is 0. The molecule has 5 nitrogen and oxygen atoms in total. The Hall–Kier alpha value is -1.65. The van der Waals surface area contributed by atoms with Gasteiger partial charge in [0.1, 0.15) is 6.10 Å². The summed E-state index contributed by atoms with van der Waals surface area (Å²) < 4.78 is 10.9. The molecule has 4 aliphatic carbocycles. The van der Waals surface area contributed by atoms with Gasteiger partial charge in [0.25, 0.3) is 0 Å². The number of allylic oxidation sites excluding steroid dienone is 2. The van der Waals surface area contributed by atoms with Crippen molar-refractivity contribution in [3.8, 4) is 0 Å². The fourth-order valence-electron chi connectivity index (χ4n) is 7.36. The zero-order chi connectivity index (χ0) is 20.3. The summed E-state index contributed by atoms with van der Waals surface area (Å²) in [5.74, 6) is 1.25. The Morgan fingerprint density at radius 1 is 0.964 bits per heavy atom. The highest BCUT2D eigenvalue weighted by molar-refractivity contribution is 5.98. The number of ether oxygens (including phenoxy) is 2. The van der Waals surface area contributed by atoms with Gasteiger partial charge in [-0.15, -0.1) is 0 Å². The van der Waals surface area contributed by atoms with Crippen molar-refractivity contribution in [2.45, 2.75) is 78.7 Å². The number of carbonyl (C=O) groups is 3. The first-order chi connectivity index (χ1) is 13.2. The zero-order valence-electron chi connectivity index (χ0n) is 17.5. The van der Waals surface area contributed by atoms with E-state index in [9.17, 15) is 14.4 Å². The number of fused-ring (bicyclic) bond motifs is 5. The topological polar surface area (TPSA) is 69.7 Å². The van der Waals surface area contributed by atoms with E-state index in [1.54, 1.807) is 0 Å². The number of ketones is 1. The molecular formula is C23H32O5. The van der Waals surface area contributed by atoms with Gasteiger partial charge in [-0.25, -0.2) is 0 Å². The second-order valence-corrected chi connectivity index (χ2v) is 9.96. The average molecular weight is 389 g/mol. The van der Waals surface area contributed by atoms with Crippen LogP contribution in [0.25, 0.3) is 0 Å². The predicted octanol–water partition coefficient (Wildman–Crippen LogP) is 4.20. The molecule has 0 amide bonds. The van der Waals surface area contributed by atoms with Crippen LogP contribution in [-0.4, -0.2) is 23.8 Å². The van der Waals surface area contributed by atoms with Gasteiger partial charge in [0, 0.05) is 25.2 Å². The summed E-state index contributed by atoms with van der Waals surface area (Å²) in [4.78, 5) is 36.0. The molecule has 5 heteroatoms. The van der Waals surface area contributed by atoms with E-state index in [1.807, 2.05) is 6.08 Å². The Balaban J connectivity index is 1.59. The fourth-order valence-corrected chi connectivity index (χ4v) is 7.36. The molecule has 3 fully saturated rings. The van der Waals surface area contributed by atoms with Gasteiger partial charge in [0.05, 0.1) is 0 Å². The van der Waals surface area contributed by atoms with Crippen molar-refractivity contribution in [2.75, 3.05) is 0 Å². The lowest BCUT2D eigenvalue weighted by molar-refractivity contribution is -0.162. The Bertz CT molecular complexity index is 739. The fraction of sp³-hybridized carbons (Fsp3) is 0.783. The molecule has 28 heavy (non-hydrogen) atoms. The van der Waals surface area contributed by atoms with Gasteiger partial charge >= 0.3 is 11.9 Å². The molecule has 0 heterocycles. The third-order valence-corrected chi connectivity index (χ3v) is 8.63. The molecule has 0 aromatic heterocycles. The van der Waals surface area contributed by atoms with E-state index < -0.39 is 5.97 Å². The van der Waals surface area contributed by atoms with Crippen LogP contribution in [0, 0.1) is 34.5 Å². The van der Waals surface area contributed by atoms with Crippen molar-refractivity contribution < 1.29 is 23.9 Å². The van der Waals surface area contributed by atoms with E-state index in [0.717, 1.165) is 44.9 Å². The molecule has 0 N–H and O–H groups in total. The van der Waals surface area contributed by atoms with Crippen molar-refractivity contribution >= 4 is 17.7 Å². The summed E-state index contributed by atoms with van der Waals surface area (Å²) in [6.07, 6.45) is 8.77. The van der Waals surface area contributed by atoms with Gasteiger partial charge in [-0.2, -0.15) is 0 Å². The first kappa shape index (κ1) is 19.7. The van der Waals surface area contributed by atoms with Crippen LogP contribution in [0.15, 0.2) is 11.8 Å². The molecule has 4 rings (SSSR count). The number of carbonyl (C=O) groups excluding carboxylic acids is 3. The van der Waals surface area contributed by atoms with Crippen LogP contribution in [0.4, 0.5) is 0 Å². The van der Waals surface area contributed by atoms with Gasteiger partial charge in [0.15, 0.2) is 5.76 Å². The molecule has 0 spiro atoms. The average Bonchev–Trinajstić information content (AvgIpc) is 2.93. The first-order valence-corrected chi connectivity index (χ1v) is 10.8. The number of Topliss-reactive ketones (excluding diaryl/α,β-unsaturated/α-hetero) is 1. The van der Waals surface area contributed by atoms with E-state index >= 15 is 0 Å². The number of rotatable bonds is 2. The van der Waals surface area contributed by atoms with E-state index in [2.05, 4.69) is 13.8 Å². The van der Waals surface area contributed by atoms with Gasteiger partial charge in [-0.3, -0.25) is 14.4 Å². The lowest BCUT2D eigenvalue weighted by Gasteiger charge is -2.59. The van der Waals surface area contributed by atoms with Crippen LogP contribution in [0.1, 0.15) is 72.6 Å². The van der Waals surface area contributed by atoms with E-state index in [4.69, 9.17) is 9.47 Å². The largest absolute Gasteiger partial charge is 0.462 e. The van der Waals surface area contributed by atoms with E-state index in [1.165, 1.54) is 13.8 Å². The summed E-state index contributed by atoms with van der Waals surface area (Å²) in [7, 11) is 0. The maximum absolute atomic E-state index is 13.0. The molecule has 7 atom stereocenters. The van der Waals surface area contributed by atoms with E-state index in [0.29, 0.717) is 17.8 Å². The Morgan fingerprint density at radius 2 is 1.68 bits per heavy atom. The van der Waals surface area contributed by atoms with Crippen molar-refractivity contribution in [3.63, 3.8) is 0 Å². The molecule has 3 saturated carbocycles. The molecule has 0 aliphatic heterocycles. The van der Waals surface area contributed by atoms with Gasteiger partial charge in [-0.05, 0) is 74.2 Å². The SMILES string of the molecule is CC(=O)OC1=CC[C@@]2(C)C(CC[C@@H]3[C@@H]2CC[C@]2(C)C(OC(C)=O)CC[C@@H]32)C1=O. The van der Waals surface area contributed by atoms with Crippen LogP contribution >= 0.6 is 0 Å². The maximum atomic E-state index is 13.0. The summed E-state index contributed by atoms with van der Waals surface area (Å²) in [6, 6.07) is 0. The lowest BCUT2D eigenvalue weighted by Crippen LogP contribution is -2.55. The van der Waals surface area contributed by atoms with Crippen LogP contribution in [-0.2, 0) is 23.9 Å². The minimum Gasteiger partial charge on any atom is -0.462 e. The number of hydrogen-bond donors (Lipinski definition) is 0. The Kier molecular flexibility index (Phi) is 4.71. The van der Waals surface area contributed by atoms with E-state index in [-0.39, 0.29) is 40.4 Å². The van der Waals surface area contributed by atoms with Crippen LogP contribution in [0.2, 0.25) is 0 Å². The first-order valence-electron chi connectivity index (χ1n) is 10.8. The third-order valence-electron chi connectivity index (χ3n) is 8.63. The summed E-state index contributed by atoms with van der Waals surface area (Å²) in [6.45, 7) is 7.44. The second-order valence-electron chi connectivity index (χ2n) is 9.96. The summed E-state index contributed by atoms with van der Waals surface area (Å²) >= 11 is 0. The second kappa shape index (κ2) is 6.70. The molecule has 0 radical (unpaired) electrons. The highest BCUT2D eigenvalue weighted by Gasteiger charge is 2.62. The molecule has 0 aromatic carbocycles. The van der Waals surface area contributed by atoms with Crippen LogP contribution in [0.5, 0.6) is 0 Å². The zero-order valence-corrected chi connectivity index (χ0v) is 17.5. The molecule has 0 saturated heterocycles. The van der Waals surface area contributed by atoms with Crippen molar-refractivity contribution in [2.24, 2.45) is 34.5 Å². The molecule has 0 bridgehead atoms. The molecular weight excluding hydrogens is 356 g/mol. The highest BCUT2D eigenvalue weighted by Crippen LogP contribution is 2.66. The minimum atomic E-state index is -0.423. The maximum Gasteiger partial charge on any atom is 0.308 e. The number of hydrogen-bond acceptors (Lipinski definition) is 5. The number of esters is 2. The normalized spacial score (nSPS) is 44.6. The van der Waals surface area contributed by atoms with Crippen molar-refractivity contribution in [1.29, 1.82) is 0 Å².